The molecule has 0 fully saturated rings. The van der Waals surface area contributed by atoms with Crippen LogP contribution >= 0.6 is 0 Å². The van der Waals surface area contributed by atoms with Crippen molar-refractivity contribution in [3.8, 4) is 0 Å². The number of aromatic amines is 1. The molecular formula is C14H13N5. The molecule has 94 valence electrons. The summed E-state index contributed by atoms with van der Waals surface area (Å²) in [5.41, 5.74) is 6.53. The Bertz CT molecular complexity index is 696. The maximum Gasteiger partial charge on any atom is 0.222 e. The Morgan fingerprint density at radius 1 is 1.11 bits per heavy atom. The summed E-state index contributed by atoms with van der Waals surface area (Å²) in [5, 5.41) is 4.12. The number of nitrogens with zero attached hydrogens (tertiary/aromatic N) is 3. The lowest BCUT2D eigenvalue weighted by Gasteiger charge is -1.95. The average Bonchev–Trinajstić information content (AvgIpc) is 2.81. The molecule has 0 amide bonds. The number of H-pyrrole nitrogens is 1. The van der Waals surface area contributed by atoms with Crippen molar-refractivity contribution in [2.75, 3.05) is 5.43 Å². The fraction of sp³-hybridized carbons (Fsp3) is 0.0714. The van der Waals surface area contributed by atoms with Gasteiger partial charge in [-0.25, -0.2) is 10.4 Å². The zero-order valence-electron chi connectivity index (χ0n) is 10.5. The number of pyridine rings is 1. The molecule has 2 heterocycles. The van der Waals surface area contributed by atoms with Crippen LogP contribution in [0, 0.1) is 6.92 Å². The first kappa shape index (κ1) is 11.4. The molecule has 0 atom stereocenters. The van der Waals surface area contributed by atoms with E-state index in [1.54, 1.807) is 6.21 Å². The van der Waals surface area contributed by atoms with E-state index < -0.39 is 0 Å². The third kappa shape index (κ3) is 2.60. The molecule has 3 aromatic rings. The van der Waals surface area contributed by atoms with Gasteiger partial charge in [0.2, 0.25) is 5.95 Å². The minimum Gasteiger partial charge on any atom is -0.323 e. The summed E-state index contributed by atoms with van der Waals surface area (Å²) >= 11 is 0. The lowest BCUT2D eigenvalue weighted by atomic mass is 10.3. The van der Waals surface area contributed by atoms with E-state index in [1.165, 1.54) is 0 Å². The molecule has 3 rings (SSSR count). The first-order chi connectivity index (χ1) is 9.31. The molecule has 0 aliphatic rings. The zero-order valence-corrected chi connectivity index (χ0v) is 10.5. The second-order valence-electron chi connectivity index (χ2n) is 4.18. The van der Waals surface area contributed by atoms with Crippen LogP contribution in [0.1, 0.15) is 11.4 Å². The molecule has 0 unspecified atom stereocenters. The van der Waals surface area contributed by atoms with Crippen molar-refractivity contribution >= 4 is 23.2 Å². The number of aromatic nitrogens is 3. The molecule has 0 aliphatic carbocycles. The summed E-state index contributed by atoms with van der Waals surface area (Å²) in [7, 11) is 0. The van der Waals surface area contributed by atoms with Crippen molar-refractivity contribution in [2.24, 2.45) is 5.10 Å². The topological polar surface area (TPSA) is 66.0 Å². The molecule has 19 heavy (non-hydrogen) atoms. The smallest absolute Gasteiger partial charge is 0.222 e. The fourth-order valence-corrected chi connectivity index (χ4v) is 1.80. The van der Waals surface area contributed by atoms with Crippen LogP contribution < -0.4 is 5.43 Å². The highest BCUT2D eigenvalue weighted by molar-refractivity contribution is 5.79. The second kappa shape index (κ2) is 4.89. The molecule has 0 saturated heterocycles. The number of hydrogen-bond acceptors (Lipinski definition) is 4. The number of imidazole rings is 1. The van der Waals surface area contributed by atoms with E-state index in [9.17, 15) is 0 Å². The third-order valence-corrected chi connectivity index (χ3v) is 2.67. The number of anilines is 1. The van der Waals surface area contributed by atoms with Crippen LogP contribution in [0.2, 0.25) is 0 Å². The highest BCUT2D eigenvalue weighted by Gasteiger charge is 1.99. The number of nitrogens with one attached hydrogen (secondary N) is 2. The van der Waals surface area contributed by atoms with E-state index in [2.05, 4.69) is 25.5 Å². The van der Waals surface area contributed by atoms with Gasteiger partial charge < -0.3 is 4.98 Å². The van der Waals surface area contributed by atoms with Crippen molar-refractivity contribution < 1.29 is 0 Å². The Morgan fingerprint density at radius 2 is 2.00 bits per heavy atom. The van der Waals surface area contributed by atoms with Gasteiger partial charge in [0.05, 0.1) is 22.9 Å². The van der Waals surface area contributed by atoms with Gasteiger partial charge in [-0.1, -0.05) is 18.2 Å². The Balaban J connectivity index is 1.75. The largest absolute Gasteiger partial charge is 0.323 e. The SMILES string of the molecule is Cc1cccc(/C=N/Nc2nc3ccccc3[nH]2)n1. The third-order valence-electron chi connectivity index (χ3n) is 2.67. The maximum atomic E-state index is 4.36. The van der Waals surface area contributed by atoms with Gasteiger partial charge in [-0.15, -0.1) is 0 Å². The predicted molar refractivity (Wildman–Crippen MR) is 76.3 cm³/mol. The summed E-state index contributed by atoms with van der Waals surface area (Å²) < 4.78 is 0. The molecule has 0 radical (unpaired) electrons. The Morgan fingerprint density at radius 3 is 2.84 bits per heavy atom. The first-order valence-electron chi connectivity index (χ1n) is 5.99. The van der Waals surface area contributed by atoms with Crippen LogP contribution in [0.15, 0.2) is 47.6 Å². The van der Waals surface area contributed by atoms with E-state index in [0.717, 1.165) is 22.4 Å². The van der Waals surface area contributed by atoms with Crippen molar-refractivity contribution in [3.05, 3.63) is 53.9 Å². The van der Waals surface area contributed by atoms with Crippen molar-refractivity contribution in [1.29, 1.82) is 0 Å². The van der Waals surface area contributed by atoms with Crippen LogP contribution in [0.4, 0.5) is 5.95 Å². The fourth-order valence-electron chi connectivity index (χ4n) is 1.80. The number of rotatable bonds is 3. The van der Waals surface area contributed by atoms with Gasteiger partial charge in [0.1, 0.15) is 0 Å². The monoisotopic (exact) mass is 251 g/mol. The van der Waals surface area contributed by atoms with E-state index >= 15 is 0 Å². The molecule has 0 spiro atoms. The maximum absolute atomic E-state index is 4.36. The summed E-state index contributed by atoms with van der Waals surface area (Å²) in [6, 6.07) is 13.6. The van der Waals surface area contributed by atoms with Crippen LogP contribution in [-0.2, 0) is 0 Å². The predicted octanol–water partition coefficient (Wildman–Crippen LogP) is 2.71. The van der Waals surface area contributed by atoms with Crippen LogP contribution in [0.3, 0.4) is 0 Å². The van der Waals surface area contributed by atoms with Gasteiger partial charge in [0, 0.05) is 5.69 Å². The number of aryl methyl sites for hydroxylation is 1. The number of para-hydroxylation sites is 2. The van der Waals surface area contributed by atoms with Gasteiger partial charge in [0.25, 0.3) is 0 Å². The lowest BCUT2D eigenvalue weighted by Crippen LogP contribution is -1.94. The van der Waals surface area contributed by atoms with Crippen molar-refractivity contribution in [3.63, 3.8) is 0 Å². The molecule has 0 bridgehead atoms. The molecule has 2 N–H and O–H groups in total. The summed E-state index contributed by atoms with van der Waals surface area (Å²) in [6.07, 6.45) is 1.67. The second-order valence-corrected chi connectivity index (χ2v) is 4.18. The number of hydrogen-bond donors (Lipinski definition) is 2. The minimum absolute atomic E-state index is 0.616. The van der Waals surface area contributed by atoms with Gasteiger partial charge in [-0.3, -0.25) is 4.98 Å². The number of fused-ring (bicyclic) bond motifs is 1. The van der Waals surface area contributed by atoms with Crippen molar-refractivity contribution in [1.82, 2.24) is 15.0 Å². The molecule has 0 aliphatic heterocycles. The van der Waals surface area contributed by atoms with Crippen molar-refractivity contribution in [2.45, 2.75) is 6.92 Å². The first-order valence-corrected chi connectivity index (χ1v) is 5.99. The highest BCUT2D eigenvalue weighted by atomic mass is 15.4. The van der Waals surface area contributed by atoms with E-state index in [-0.39, 0.29) is 0 Å². The quantitative estimate of drug-likeness (QED) is 0.555. The van der Waals surface area contributed by atoms with E-state index in [1.807, 2.05) is 49.4 Å². The van der Waals surface area contributed by atoms with Gasteiger partial charge in [-0.2, -0.15) is 5.10 Å². The van der Waals surface area contributed by atoms with Crippen LogP contribution in [0.25, 0.3) is 11.0 Å². The van der Waals surface area contributed by atoms with E-state index in [4.69, 9.17) is 0 Å². The molecule has 1 aromatic carbocycles. The van der Waals surface area contributed by atoms with Gasteiger partial charge in [-0.05, 0) is 31.2 Å². The molecular weight excluding hydrogens is 238 g/mol. The average molecular weight is 251 g/mol. The van der Waals surface area contributed by atoms with Crippen LogP contribution in [0.5, 0.6) is 0 Å². The van der Waals surface area contributed by atoms with Gasteiger partial charge in [0.15, 0.2) is 0 Å². The zero-order chi connectivity index (χ0) is 13.1. The van der Waals surface area contributed by atoms with Crippen LogP contribution in [-0.4, -0.2) is 21.2 Å². The summed E-state index contributed by atoms with van der Waals surface area (Å²) in [6.45, 7) is 1.95. The van der Waals surface area contributed by atoms with E-state index in [0.29, 0.717) is 5.95 Å². The number of benzene rings is 1. The molecule has 5 heteroatoms. The molecule has 0 saturated carbocycles. The summed E-state index contributed by atoms with van der Waals surface area (Å²) in [5.74, 6) is 0.616. The lowest BCUT2D eigenvalue weighted by molar-refractivity contribution is 1.17. The van der Waals surface area contributed by atoms with Gasteiger partial charge >= 0.3 is 0 Å². The molecule has 5 nitrogen and oxygen atoms in total. The number of hydrazone groups is 1. The Labute approximate surface area is 110 Å². The normalized spacial score (nSPS) is 11.2. The summed E-state index contributed by atoms with van der Waals surface area (Å²) in [4.78, 5) is 11.8. The minimum atomic E-state index is 0.616. The Hall–Kier alpha value is -2.69. The highest BCUT2D eigenvalue weighted by Crippen LogP contribution is 2.12. The molecule has 2 aromatic heterocycles. The Kier molecular flexibility index (Phi) is 2.94. The standard InChI is InChI=1S/C14H13N5/c1-10-5-4-6-11(16-10)9-15-19-14-17-12-7-2-3-8-13(12)18-14/h2-9H,1H3,(H2,17,18,19)/b15-9+.